The Balaban J connectivity index is 2.32. The summed E-state index contributed by atoms with van der Waals surface area (Å²) in [6.45, 7) is 6.61. The Morgan fingerprint density at radius 3 is 2.67 bits per heavy atom. The quantitative estimate of drug-likeness (QED) is 0.603. The maximum absolute atomic E-state index is 12.0. The molecule has 1 heterocycles. The third-order valence-corrected chi connectivity index (χ3v) is 3.26. The van der Waals surface area contributed by atoms with Gasteiger partial charge in [-0.05, 0) is 18.1 Å². The van der Waals surface area contributed by atoms with Crippen LogP contribution in [0.5, 0.6) is 5.75 Å². The molecular weight excluding hydrogens is 286 g/mol. The molecule has 0 aliphatic carbocycles. The summed E-state index contributed by atoms with van der Waals surface area (Å²) in [7, 11) is 0. The van der Waals surface area contributed by atoms with Crippen molar-refractivity contribution >= 4 is 11.6 Å². The van der Waals surface area contributed by atoms with E-state index in [1.165, 1.54) is 6.07 Å². The van der Waals surface area contributed by atoms with Gasteiger partial charge in [0.25, 0.3) is 0 Å². The van der Waals surface area contributed by atoms with Crippen molar-refractivity contribution < 1.29 is 4.74 Å². The van der Waals surface area contributed by atoms with Crippen LogP contribution in [0, 0.1) is 0 Å². The Labute approximate surface area is 129 Å². The zero-order valence-electron chi connectivity index (χ0n) is 12.0. The molecule has 0 radical (unpaired) electrons. The lowest BCUT2D eigenvalue weighted by Crippen LogP contribution is -2.16. The van der Waals surface area contributed by atoms with Crippen molar-refractivity contribution in [3.05, 3.63) is 76.2 Å². The first-order chi connectivity index (χ1) is 10.1. The highest BCUT2D eigenvalue weighted by Gasteiger charge is 2.08. The fraction of sp³-hybridized carbons (Fsp3) is 0.235. The Kier molecular flexibility index (Phi) is 5.23. The fourth-order valence-corrected chi connectivity index (χ4v) is 2.18. The van der Waals surface area contributed by atoms with Gasteiger partial charge in [-0.15, -0.1) is 11.6 Å². The van der Waals surface area contributed by atoms with E-state index in [-0.39, 0.29) is 11.3 Å². The van der Waals surface area contributed by atoms with Crippen LogP contribution in [0.1, 0.15) is 18.2 Å². The molecule has 0 unspecified atom stereocenters. The van der Waals surface area contributed by atoms with Gasteiger partial charge in [0, 0.05) is 18.3 Å². The van der Waals surface area contributed by atoms with Crippen LogP contribution in [0.25, 0.3) is 0 Å². The predicted molar refractivity (Wildman–Crippen MR) is 86.1 cm³/mol. The van der Waals surface area contributed by atoms with Crippen LogP contribution in [-0.4, -0.2) is 11.2 Å². The number of benzene rings is 1. The average molecular weight is 304 g/mol. The summed E-state index contributed by atoms with van der Waals surface area (Å²) in [5, 5.41) is 0. The van der Waals surface area contributed by atoms with E-state index in [9.17, 15) is 4.79 Å². The molecular formula is C17H18ClNO2. The Morgan fingerprint density at radius 2 is 2.05 bits per heavy atom. The molecule has 0 saturated heterocycles. The number of nitrogens with zero attached hydrogens (tertiary/aromatic N) is 1. The van der Waals surface area contributed by atoms with Crippen LogP contribution in [0.15, 0.2) is 59.5 Å². The second-order valence-corrected chi connectivity index (χ2v) is 5.25. The highest BCUT2D eigenvalue weighted by Crippen LogP contribution is 2.13. The highest BCUT2D eigenvalue weighted by atomic mass is 35.5. The van der Waals surface area contributed by atoms with Crippen molar-refractivity contribution in [2.45, 2.75) is 19.3 Å². The predicted octanol–water partition coefficient (Wildman–Crippen LogP) is 3.59. The van der Waals surface area contributed by atoms with Gasteiger partial charge >= 0.3 is 0 Å². The molecule has 21 heavy (non-hydrogen) atoms. The number of hydrogen-bond donors (Lipinski definition) is 0. The molecule has 0 aliphatic rings. The maximum Gasteiger partial charge on any atom is 0.223 e. The maximum atomic E-state index is 12.0. The van der Waals surface area contributed by atoms with Gasteiger partial charge in [0.05, 0.1) is 12.1 Å². The van der Waals surface area contributed by atoms with Gasteiger partial charge in [-0.1, -0.05) is 36.9 Å². The number of ether oxygens (including phenoxy) is 1. The largest absolute Gasteiger partial charge is 0.484 e. The number of halogens is 1. The monoisotopic (exact) mass is 303 g/mol. The van der Waals surface area contributed by atoms with Crippen molar-refractivity contribution in [2.75, 3.05) is 6.61 Å². The number of rotatable bonds is 6. The van der Waals surface area contributed by atoms with E-state index in [2.05, 4.69) is 6.58 Å². The van der Waals surface area contributed by atoms with Gasteiger partial charge in [-0.2, -0.15) is 0 Å². The molecule has 1 aromatic carbocycles. The molecule has 0 fully saturated rings. The zero-order chi connectivity index (χ0) is 15.2. The van der Waals surface area contributed by atoms with Crippen molar-refractivity contribution in [2.24, 2.45) is 0 Å². The summed E-state index contributed by atoms with van der Waals surface area (Å²) < 4.78 is 7.44. The Hall–Kier alpha value is -2.00. The molecule has 0 atom stereocenters. The van der Waals surface area contributed by atoms with Crippen molar-refractivity contribution in [3.63, 3.8) is 0 Å². The van der Waals surface area contributed by atoms with E-state index in [0.29, 0.717) is 18.9 Å². The Morgan fingerprint density at radius 1 is 1.33 bits per heavy atom. The number of pyridine rings is 1. The van der Waals surface area contributed by atoms with Crippen molar-refractivity contribution in [1.82, 2.24) is 4.57 Å². The van der Waals surface area contributed by atoms with Crippen LogP contribution >= 0.6 is 11.6 Å². The highest BCUT2D eigenvalue weighted by molar-refractivity contribution is 6.16. The lowest BCUT2D eigenvalue weighted by Gasteiger charge is -2.14. The second kappa shape index (κ2) is 7.14. The summed E-state index contributed by atoms with van der Waals surface area (Å²) in [5.41, 5.74) is 2.62. The van der Waals surface area contributed by atoms with Crippen LogP contribution in [0.4, 0.5) is 0 Å². The lowest BCUT2D eigenvalue weighted by molar-refractivity contribution is 0.345. The van der Waals surface area contributed by atoms with E-state index in [0.717, 1.165) is 16.8 Å². The molecule has 3 nitrogen and oxygen atoms in total. The summed E-state index contributed by atoms with van der Waals surface area (Å²) in [4.78, 5) is 12.0. The number of hydrogen-bond acceptors (Lipinski definition) is 2. The van der Waals surface area contributed by atoms with Gasteiger partial charge in [0.15, 0.2) is 5.75 Å². The van der Waals surface area contributed by atoms with E-state index < -0.39 is 0 Å². The van der Waals surface area contributed by atoms with Crippen LogP contribution < -0.4 is 10.2 Å². The molecule has 2 rings (SSSR count). The van der Waals surface area contributed by atoms with Crippen molar-refractivity contribution in [1.29, 1.82) is 0 Å². The SMILES string of the molecule is C=C(C)COc1cn(Cc2ccccc2)c(CCl)cc1=O. The van der Waals surface area contributed by atoms with Gasteiger partial charge < -0.3 is 9.30 Å². The second-order valence-electron chi connectivity index (χ2n) is 4.99. The minimum atomic E-state index is -0.156. The molecule has 0 saturated carbocycles. The molecule has 110 valence electrons. The third-order valence-electron chi connectivity index (χ3n) is 2.99. The van der Waals surface area contributed by atoms with E-state index in [1.807, 2.05) is 41.8 Å². The van der Waals surface area contributed by atoms with Gasteiger partial charge in [0.1, 0.15) is 6.61 Å². The molecule has 1 aromatic heterocycles. The van der Waals surface area contributed by atoms with Gasteiger partial charge in [0.2, 0.25) is 5.43 Å². The van der Waals surface area contributed by atoms with Gasteiger partial charge in [-0.3, -0.25) is 4.79 Å². The fourth-order valence-electron chi connectivity index (χ4n) is 1.95. The topological polar surface area (TPSA) is 31.2 Å². The minimum absolute atomic E-state index is 0.156. The number of aromatic nitrogens is 1. The molecule has 0 N–H and O–H groups in total. The van der Waals surface area contributed by atoms with Crippen LogP contribution in [0.2, 0.25) is 0 Å². The summed E-state index contributed by atoms with van der Waals surface area (Å²) in [6.07, 6.45) is 1.72. The molecule has 0 amide bonds. The van der Waals surface area contributed by atoms with Crippen molar-refractivity contribution in [3.8, 4) is 5.75 Å². The lowest BCUT2D eigenvalue weighted by atomic mass is 10.2. The third kappa shape index (κ3) is 4.23. The summed E-state index contributed by atoms with van der Waals surface area (Å²) in [5.74, 6) is 0.603. The first-order valence-electron chi connectivity index (χ1n) is 6.70. The van der Waals surface area contributed by atoms with E-state index >= 15 is 0 Å². The van der Waals surface area contributed by atoms with E-state index in [4.69, 9.17) is 16.3 Å². The molecule has 0 bridgehead atoms. The standard InChI is InChI=1S/C17H18ClNO2/c1-13(2)12-21-17-11-19(15(9-18)8-16(17)20)10-14-6-4-3-5-7-14/h3-8,11H,1,9-10,12H2,2H3. The molecule has 0 aliphatic heterocycles. The molecule has 2 aromatic rings. The minimum Gasteiger partial charge on any atom is -0.484 e. The van der Waals surface area contributed by atoms with Gasteiger partial charge in [-0.25, -0.2) is 0 Å². The summed E-state index contributed by atoms with van der Waals surface area (Å²) >= 11 is 5.94. The van der Waals surface area contributed by atoms with Crippen LogP contribution in [0.3, 0.4) is 0 Å². The molecule has 0 spiro atoms. The normalized spacial score (nSPS) is 10.4. The first kappa shape index (κ1) is 15.4. The summed E-state index contributed by atoms with van der Waals surface area (Å²) in [6, 6.07) is 11.5. The first-order valence-corrected chi connectivity index (χ1v) is 7.24. The smallest absolute Gasteiger partial charge is 0.223 e. The Bertz CT molecular complexity index is 677. The zero-order valence-corrected chi connectivity index (χ0v) is 12.8. The average Bonchev–Trinajstić information content (AvgIpc) is 2.48. The van der Waals surface area contributed by atoms with E-state index in [1.54, 1.807) is 6.20 Å². The van der Waals surface area contributed by atoms with Crippen LogP contribution in [-0.2, 0) is 12.4 Å². The number of alkyl halides is 1. The molecule has 4 heteroatoms.